The normalized spacial score (nSPS) is 28.2. The van der Waals surface area contributed by atoms with Crippen LogP contribution in [0, 0.1) is 5.92 Å². The third-order valence-corrected chi connectivity index (χ3v) is 6.37. The molecule has 3 saturated heterocycles. The molecule has 2 bridgehead atoms. The predicted molar refractivity (Wildman–Crippen MR) is 116 cm³/mol. The van der Waals surface area contributed by atoms with Gasteiger partial charge in [-0.05, 0) is 37.2 Å². The van der Waals surface area contributed by atoms with Gasteiger partial charge < -0.3 is 15.3 Å². The van der Waals surface area contributed by atoms with E-state index in [1.807, 2.05) is 35.2 Å². The summed E-state index contributed by atoms with van der Waals surface area (Å²) in [7, 11) is 0. The van der Waals surface area contributed by atoms with Crippen molar-refractivity contribution >= 4 is 30.7 Å². The highest BCUT2D eigenvalue weighted by molar-refractivity contribution is 5.85. The van der Waals surface area contributed by atoms with Crippen molar-refractivity contribution in [3.05, 3.63) is 35.9 Å². The van der Waals surface area contributed by atoms with Crippen LogP contribution in [0.5, 0.6) is 0 Å². The lowest BCUT2D eigenvalue weighted by molar-refractivity contribution is -0.134. The monoisotopic (exact) mass is 429 g/mol. The summed E-state index contributed by atoms with van der Waals surface area (Å²) in [5.41, 5.74) is 0.964. The molecule has 2 N–H and O–H groups in total. The van der Waals surface area contributed by atoms with E-state index in [-0.39, 0.29) is 24.8 Å². The molecule has 158 valence electrons. The number of aliphatic hydroxyl groups excluding tert-OH is 1. The number of carbonyl (C=O) groups excluding carboxylic acids is 1. The van der Waals surface area contributed by atoms with Gasteiger partial charge in [0, 0.05) is 51.2 Å². The van der Waals surface area contributed by atoms with Crippen LogP contribution in [0.3, 0.4) is 0 Å². The fraction of sp³-hybridized carbons (Fsp3) is 0.667. The second-order valence-electron chi connectivity index (χ2n) is 8.29. The Morgan fingerprint density at radius 3 is 2.25 bits per heavy atom. The molecule has 0 aliphatic carbocycles. The summed E-state index contributed by atoms with van der Waals surface area (Å²) in [5, 5.41) is 14.0. The van der Waals surface area contributed by atoms with Gasteiger partial charge in [0.1, 0.15) is 0 Å². The highest BCUT2D eigenvalue weighted by atomic mass is 35.5. The van der Waals surface area contributed by atoms with Crippen LogP contribution in [0.2, 0.25) is 0 Å². The van der Waals surface area contributed by atoms with Crippen molar-refractivity contribution < 1.29 is 9.90 Å². The Morgan fingerprint density at radius 1 is 1.04 bits per heavy atom. The van der Waals surface area contributed by atoms with E-state index >= 15 is 0 Å². The van der Waals surface area contributed by atoms with E-state index in [2.05, 4.69) is 10.2 Å². The van der Waals surface area contributed by atoms with E-state index in [1.54, 1.807) is 0 Å². The zero-order chi connectivity index (χ0) is 17.9. The SMILES string of the molecule is Cl.Cl.O=C(CC1CC2CCC(C1)N2)N1CCN(CC(O)c2ccccc2)CC1. The Morgan fingerprint density at radius 2 is 1.64 bits per heavy atom. The number of fused-ring (bicyclic) bond motifs is 2. The number of carbonyl (C=O) groups is 1. The molecule has 3 aliphatic rings. The molecule has 0 spiro atoms. The number of β-amino-alcohol motifs (C(OH)–C–C–N with tert-alkyl or cyclic N) is 1. The van der Waals surface area contributed by atoms with Crippen LogP contribution in [-0.2, 0) is 4.79 Å². The Balaban J connectivity index is 0.00000140. The molecule has 1 amide bonds. The number of hydrogen-bond acceptors (Lipinski definition) is 4. The molecule has 1 aromatic carbocycles. The number of piperazine rings is 1. The van der Waals surface area contributed by atoms with Gasteiger partial charge in [-0.2, -0.15) is 0 Å². The van der Waals surface area contributed by atoms with Crippen molar-refractivity contribution in [1.82, 2.24) is 15.1 Å². The average molecular weight is 430 g/mol. The van der Waals surface area contributed by atoms with Gasteiger partial charge in [-0.1, -0.05) is 30.3 Å². The van der Waals surface area contributed by atoms with Crippen molar-refractivity contribution in [1.29, 1.82) is 0 Å². The van der Waals surface area contributed by atoms with Crippen molar-refractivity contribution in [2.24, 2.45) is 5.92 Å². The van der Waals surface area contributed by atoms with E-state index < -0.39 is 6.10 Å². The quantitative estimate of drug-likeness (QED) is 0.754. The van der Waals surface area contributed by atoms with Crippen LogP contribution in [0.25, 0.3) is 0 Å². The minimum atomic E-state index is -0.455. The Kier molecular flexibility index (Phi) is 9.03. The van der Waals surface area contributed by atoms with Crippen molar-refractivity contribution in [2.75, 3.05) is 32.7 Å². The van der Waals surface area contributed by atoms with E-state index in [1.165, 1.54) is 25.7 Å². The van der Waals surface area contributed by atoms with Crippen molar-refractivity contribution in [3.63, 3.8) is 0 Å². The summed E-state index contributed by atoms with van der Waals surface area (Å²) in [6.45, 7) is 3.93. The minimum Gasteiger partial charge on any atom is -0.387 e. The fourth-order valence-corrected chi connectivity index (χ4v) is 4.92. The lowest BCUT2D eigenvalue weighted by atomic mass is 9.89. The second-order valence-corrected chi connectivity index (χ2v) is 8.29. The molecule has 3 fully saturated rings. The van der Waals surface area contributed by atoms with Gasteiger partial charge in [0.25, 0.3) is 0 Å². The molecule has 1 aromatic rings. The molecule has 5 nitrogen and oxygen atoms in total. The maximum Gasteiger partial charge on any atom is 0.222 e. The van der Waals surface area contributed by atoms with Crippen LogP contribution in [0.1, 0.15) is 43.8 Å². The van der Waals surface area contributed by atoms with Gasteiger partial charge in [-0.3, -0.25) is 9.69 Å². The zero-order valence-electron chi connectivity index (χ0n) is 16.3. The van der Waals surface area contributed by atoms with E-state index in [0.29, 0.717) is 30.5 Å². The predicted octanol–water partition coefficient (Wildman–Crippen LogP) is 2.63. The number of hydrogen-bond donors (Lipinski definition) is 2. The number of piperidine rings is 1. The summed E-state index contributed by atoms with van der Waals surface area (Å²) in [6.07, 6.45) is 5.19. The van der Waals surface area contributed by atoms with Crippen LogP contribution < -0.4 is 5.32 Å². The topological polar surface area (TPSA) is 55.8 Å². The van der Waals surface area contributed by atoms with Crippen LogP contribution in [-0.4, -0.2) is 65.6 Å². The third kappa shape index (κ3) is 5.83. The van der Waals surface area contributed by atoms with E-state index in [9.17, 15) is 9.90 Å². The number of benzene rings is 1. The number of amides is 1. The first-order chi connectivity index (χ1) is 12.7. The number of halogens is 2. The van der Waals surface area contributed by atoms with Gasteiger partial charge in [0.2, 0.25) is 5.91 Å². The maximum absolute atomic E-state index is 12.7. The summed E-state index contributed by atoms with van der Waals surface area (Å²) in [5.74, 6) is 0.902. The summed E-state index contributed by atoms with van der Waals surface area (Å²) < 4.78 is 0. The molecule has 28 heavy (non-hydrogen) atoms. The Labute approximate surface area is 180 Å². The molecule has 0 radical (unpaired) electrons. The summed E-state index contributed by atoms with van der Waals surface area (Å²) in [6, 6.07) is 11.1. The lowest BCUT2D eigenvalue weighted by Crippen LogP contribution is -2.50. The zero-order valence-corrected chi connectivity index (χ0v) is 18.0. The van der Waals surface area contributed by atoms with Gasteiger partial charge in [0.15, 0.2) is 0 Å². The Hall–Kier alpha value is -0.850. The lowest BCUT2D eigenvalue weighted by Gasteiger charge is -2.37. The average Bonchev–Trinajstić information content (AvgIpc) is 3.01. The minimum absolute atomic E-state index is 0. The van der Waals surface area contributed by atoms with Crippen molar-refractivity contribution in [3.8, 4) is 0 Å². The standard InChI is InChI=1S/C21H31N3O2.2ClH/c25-20(17-4-2-1-3-5-17)15-23-8-10-24(11-9-23)21(26)14-16-12-18-6-7-19(13-16)22-18;;/h1-5,16,18-20,22,25H,6-15H2;2*1H. The second kappa shape index (κ2) is 10.8. The van der Waals surface area contributed by atoms with E-state index in [0.717, 1.165) is 38.2 Å². The number of nitrogens with one attached hydrogen (secondary N) is 1. The number of rotatable bonds is 5. The molecule has 3 aliphatic heterocycles. The molecular formula is C21H33Cl2N3O2. The van der Waals surface area contributed by atoms with Crippen LogP contribution in [0.4, 0.5) is 0 Å². The first-order valence-corrected chi connectivity index (χ1v) is 10.2. The molecule has 7 heteroatoms. The van der Waals surface area contributed by atoms with Crippen LogP contribution in [0.15, 0.2) is 30.3 Å². The molecule has 0 aromatic heterocycles. The maximum atomic E-state index is 12.7. The van der Waals surface area contributed by atoms with Gasteiger partial charge >= 0.3 is 0 Å². The first-order valence-electron chi connectivity index (χ1n) is 10.2. The van der Waals surface area contributed by atoms with Gasteiger partial charge in [-0.25, -0.2) is 0 Å². The Bertz CT molecular complexity index is 599. The first kappa shape index (κ1) is 23.4. The number of nitrogens with zero attached hydrogens (tertiary/aromatic N) is 2. The highest BCUT2D eigenvalue weighted by Crippen LogP contribution is 2.33. The summed E-state index contributed by atoms with van der Waals surface area (Å²) >= 11 is 0. The van der Waals surface area contributed by atoms with Crippen LogP contribution >= 0.6 is 24.8 Å². The molecule has 3 atom stereocenters. The highest BCUT2D eigenvalue weighted by Gasteiger charge is 2.35. The van der Waals surface area contributed by atoms with E-state index in [4.69, 9.17) is 0 Å². The van der Waals surface area contributed by atoms with Crippen molar-refractivity contribution in [2.45, 2.75) is 50.3 Å². The fourth-order valence-electron chi connectivity index (χ4n) is 4.92. The smallest absolute Gasteiger partial charge is 0.222 e. The number of aliphatic hydroxyl groups is 1. The molecule has 4 rings (SSSR count). The largest absolute Gasteiger partial charge is 0.387 e. The van der Waals surface area contributed by atoms with Gasteiger partial charge in [-0.15, -0.1) is 24.8 Å². The summed E-state index contributed by atoms with van der Waals surface area (Å²) in [4.78, 5) is 17.0. The molecule has 0 saturated carbocycles. The molecular weight excluding hydrogens is 397 g/mol. The van der Waals surface area contributed by atoms with Gasteiger partial charge in [0.05, 0.1) is 6.10 Å². The molecule has 3 heterocycles. The molecule has 3 unspecified atom stereocenters. The third-order valence-electron chi connectivity index (χ3n) is 6.37.